The molecule has 0 spiro atoms. The molecule has 1 heterocycles. The molecule has 27 heavy (non-hydrogen) atoms. The molecular formula is C20H21BrN2O3S. The van der Waals surface area contributed by atoms with Crippen molar-refractivity contribution in [1.82, 2.24) is 0 Å². The van der Waals surface area contributed by atoms with Gasteiger partial charge in [-0.3, -0.25) is 9.52 Å². The summed E-state index contributed by atoms with van der Waals surface area (Å²) in [6.45, 7) is 2.02. The van der Waals surface area contributed by atoms with E-state index in [0.717, 1.165) is 35.0 Å². The van der Waals surface area contributed by atoms with Gasteiger partial charge in [-0.25, -0.2) is 8.42 Å². The number of carbonyl (C=O) groups is 1. The van der Waals surface area contributed by atoms with Crippen molar-refractivity contribution in [3.63, 3.8) is 0 Å². The summed E-state index contributed by atoms with van der Waals surface area (Å²) < 4.78 is 28.9. The van der Waals surface area contributed by atoms with Crippen molar-refractivity contribution in [2.45, 2.75) is 43.5 Å². The minimum atomic E-state index is -3.69. The molecule has 1 fully saturated rings. The normalized spacial score (nSPS) is 19.5. The molecule has 0 radical (unpaired) electrons. The Labute approximate surface area is 167 Å². The van der Waals surface area contributed by atoms with Gasteiger partial charge >= 0.3 is 0 Å². The predicted molar refractivity (Wildman–Crippen MR) is 109 cm³/mol. The van der Waals surface area contributed by atoms with Crippen molar-refractivity contribution in [2.75, 3.05) is 9.62 Å². The number of hydrogen-bond donors (Lipinski definition) is 1. The van der Waals surface area contributed by atoms with Crippen molar-refractivity contribution < 1.29 is 13.2 Å². The molecule has 5 nitrogen and oxygen atoms in total. The molecule has 1 saturated carbocycles. The Hall–Kier alpha value is -1.86. The lowest BCUT2D eigenvalue weighted by molar-refractivity contribution is -0.125. The van der Waals surface area contributed by atoms with E-state index in [2.05, 4.69) is 20.7 Å². The maximum atomic E-state index is 12.8. The maximum Gasteiger partial charge on any atom is 0.261 e. The summed E-state index contributed by atoms with van der Waals surface area (Å²) in [6, 6.07) is 12.1. The Morgan fingerprint density at radius 2 is 1.96 bits per heavy atom. The van der Waals surface area contributed by atoms with Gasteiger partial charge in [0.25, 0.3) is 10.0 Å². The Morgan fingerprint density at radius 1 is 1.19 bits per heavy atom. The molecule has 1 aliphatic heterocycles. The number of hydrogen-bond acceptors (Lipinski definition) is 3. The van der Waals surface area contributed by atoms with Crippen molar-refractivity contribution in [3.05, 3.63) is 52.5 Å². The second kappa shape index (κ2) is 6.95. The largest absolute Gasteiger partial charge is 0.309 e. The number of carbonyl (C=O) groups excluding carboxylic acids is 1. The maximum absolute atomic E-state index is 12.8. The standard InChI is InChI=1S/C20H21BrN2O3S/c1-13-10-15-11-18(27(25,26)22-17-7-3-6-16(21)12-17)8-9-19(15)23(13)20(24)14-4-2-5-14/h3,6-9,11-14,22H,2,4-5,10H2,1H3/t13-/m1/s1. The topological polar surface area (TPSA) is 66.5 Å². The molecule has 1 amide bonds. The first-order valence-corrected chi connectivity index (χ1v) is 11.4. The van der Waals surface area contributed by atoms with Crippen molar-refractivity contribution in [1.29, 1.82) is 0 Å². The van der Waals surface area contributed by atoms with Crippen molar-refractivity contribution in [2.24, 2.45) is 5.92 Å². The lowest BCUT2D eigenvalue weighted by atomic mass is 9.84. The molecule has 2 aliphatic rings. The van der Waals surface area contributed by atoms with E-state index in [4.69, 9.17) is 0 Å². The van der Waals surface area contributed by atoms with Crippen LogP contribution in [0.3, 0.4) is 0 Å². The fraction of sp³-hybridized carbons (Fsp3) is 0.350. The van der Waals surface area contributed by atoms with Gasteiger partial charge in [-0.1, -0.05) is 28.4 Å². The Balaban J connectivity index is 1.61. The molecule has 0 saturated heterocycles. The number of nitrogens with one attached hydrogen (secondary N) is 1. The molecule has 1 N–H and O–H groups in total. The average Bonchev–Trinajstić information content (AvgIpc) is 2.87. The van der Waals surface area contributed by atoms with Gasteiger partial charge in [-0.05, 0) is 68.1 Å². The smallest absolute Gasteiger partial charge is 0.261 e. The van der Waals surface area contributed by atoms with Crippen molar-refractivity contribution in [3.8, 4) is 0 Å². The second-order valence-electron chi connectivity index (χ2n) is 7.30. The van der Waals surface area contributed by atoms with E-state index in [1.54, 1.807) is 36.4 Å². The lowest BCUT2D eigenvalue weighted by Crippen LogP contribution is -2.42. The first-order valence-electron chi connectivity index (χ1n) is 9.09. The number of rotatable bonds is 4. The van der Waals surface area contributed by atoms with Crippen LogP contribution in [-0.2, 0) is 21.2 Å². The highest BCUT2D eigenvalue weighted by Crippen LogP contribution is 2.38. The minimum absolute atomic E-state index is 0.0593. The molecule has 7 heteroatoms. The van der Waals surface area contributed by atoms with Gasteiger partial charge in [-0.2, -0.15) is 0 Å². The summed E-state index contributed by atoms with van der Waals surface area (Å²) in [5.41, 5.74) is 2.26. The quantitative estimate of drug-likeness (QED) is 0.756. The highest BCUT2D eigenvalue weighted by Gasteiger charge is 2.37. The fourth-order valence-corrected chi connectivity index (χ4v) is 5.23. The first-order chi connectivity index (χ1) is 12.8. The van der Waals surface area contributed by atoms with Crippen LogP contribution in [0, 0.1) is 5.92 Å². The third-order valence-corrected chi connectivity index (χ3v) is 7.22. The Morgan fingerprint density at radius 3 is 2.63 bits per heavy atom. The van der Waals surface area contributed by atoms with Gasteiger partial charge < -0.3 is 4.90 Å². The molecule has 1 atom stereocenters. The van der Waals surface area contributed by atoms with E-state index in [1.807, 2.05) is 17.9 Å². The van der Waals surface area contributed by atoms with Gasteiger partial charge in [0.1, 0.15) is 0 Å². The predicted octanol–water partition coefficient (Wildman–Crippen LogP) is 4.33. The molecule has 0 bridgehead atoms. The minimum Gasteiger partial charge on any atom is -0.309 e. The zero-order chi connectivity index (χ0) is 19.2. The summed E-state index contributed by atoms with van der Waals surface area (Å²) in [5, 5.41) is 0. The monoisotopic (exact) mass is 448 g/mol. The van der Waals surface area contributed by atoms with E-state index < -0.39 is 10.0 Å². The number of anilines is 2. The van der Waals surface area contributed by atoms with E-state index in [-0.39, 0.29) is 22.8 Å². The van der Waals surface area contributed by atoms with E-state index in [0.29, 0.717) is 12.1 Å². The van der Waals surface area contributed by atoms with Crippen LogP contribution in [0.2, 0.25) is 0 Å². The number of sulfonamides is 1. The van der Waals surface area contributed by atoms with Crippen LogP contribution in [0.25, 0.3) is 0 Å². The summed E-state index contributed by atoms with van der Waals surface area (Å²) in [6.07, 6.45) is 3.71. The van der Waals surface area contributed by atoms with Crippen LogP contribution in [-0.4, -0.2) is 20.4 Å². The van der Waals surface area contributed by atoms with Crippen LogP contribution in [0.1, 0.15) is 31.7 Å². The van der Waals surface area contributed by atoms with Crippen molar-refractivity contribution >= 4 is 43.2 Å². The van der Waals surface area contributed by atoms with Gasteiger partial charge in [0.15, 0.2) is 0 Å². The summed E-state index contributed by atoms with van der Waals surface area (Å²) in [7, 11) is -3.69. The van der Waals surface area contributed by atoms with Gasteiger partial charge in [0.2, 0.25) is 5.91 Å². The number of halogens is 1. The molecule has 4 rings (SSSR count). The molecular weight excluding hydrogens is 428 g/mol. The van der Waals surface area contributed by atoms with Crippen LogP contribution < -0.4 is 9.62 Å². The number of fused-ring (bicyclic) bond motifs is 1. The Kier molecular flexibility index (Phi) is 4.76. The lowest BCUT2D eigenvalue weighted by Gasteiger charge is -2.32. The summed E-state index contributed by atoms with van der Waals surface area (Å²) in [4.78, 5) is 14.8. The number of benzene rings is 2. The van der Waals surface area contributed by atoms with E-state index >= 15 is 0 Å². The van der Waals surface area contributed by atoms with Gasteiger partial charge in [0.05, 0.1) is 4.90 Å². The molecule has 2 aromatic rings. The van der Waals surface area contributed by atoms with Crippen LogP contribution in [0.5, 0.6) is 0 Å². The highest BCUT2D eigenvalue weighted by molar-refractivity contribution is 9.10. The SMILES string of the molecule is C[C@@H]1Cc2cc(S(=O)(=O)Nc3cccc(Br)c3)ccc2N1C(=O)C1CCC1. The third-order valence-electron chi connectivity index (χ3n) is 5.35. The van der Waals surface area contributed by atoms with Crippen LogP contribution >= 0.6 is 15.9 Å². The summed E-state index contributed by atoms with van der Waals surface area (Å²) >= 11 is 3.34. The summed E-state index contributed by atoms with van der Waals surface area (Å²) in [5.74, 6) is 0.301. The second-order valence-corrected chi connectivity index (χ2v) is 9.89. The third kappa shape index (κ3) is 3.50. The average molecular weight is 449 g/mol. The van der Waals surface area contributed by atoms with Crippen LogP contribution in [0.4, 0.5) is 11.4 Å². The fourth-order valence-electron chi connectivity index (χ4n) is 3.73. The highest BCUT2D eigenvalue weighted by atomic mass is 79.9. The molecule has 1 aliphatic carbocycles. The Bertz CT molecular complexity index is 1000. The van der Waals surface area contributed by atoms with Crippen LogP contribution in [0.15, 0.2) is 51.8 Å². The zero-order valence-corrected chi connectivity index (χ0v) is 17.4. The van der Waals surface area contributed by atoms with Gasteiger partial charge in [-0.15, -0.1) is 0 Å². The number of nitrogens with zero attached hydrogens (tertiary/aromatic N) is 1. The molecule has 142 valence electrons. The molecule has 0 aromatic heterocycles. The van der Waals surface area contributed by atoms with Gasteiger partial charge in [0, 0.05) is 27.8 Å². The molecule has 0 unspecified atom stereocenters. The van der Waals surface area contributed by atoms with E-state index in [9.17, 15) is 13.2 Å². The zero-order valence-electron chi connectivity index (χ0n) is 15.0. The molecule has 2 aromatic carbocycles. The first kappa shape index (κ1) is 18.5. The number of amides is 1. The van der Waals surface area contributed by atoms with E-state index in [1.165, 1.54) is 0 Å².